The van der Waals surface area contributed by atoms with Gasteiger partial charge in [0, 0.05) is 18.0 Å². The number of sulfonamides is 2. The standard InChI is InChI=1S/C17H28N2O6S2.C16H28N2O5S2/c1-16(2,3)12(19-15(21)25-17(4,5)6)10-18-27(22,23)11-8-9-26-13(11)14(20)24-7;1-15(2,3)13(18-14(20)23-16(4,5)6)9-17-25(21,22)12-7-8-24-11(12)10-19/h8-9,12,18H,10H2,1-7H3,(H,19,21);7-8,13,17,19H,9-10H2,1-6H3,(H,18,20)/t12-;13-/m11/s1. The number of alkyl carbamates (subject to hydrolysis) is 2. The number of carbonyl (C=O) groups is 3. The van der Waals surface area contributed by atoms with Crippen molar-refractivity contribution in [2.24, 2.45) is 10.8 Å². The predicted molar refractivity (Wildman–Crippen MR) is 202 cm³/mol. The number of carbonyl (C=O) groups excluding carboxylic acids is 3. The molecule has 2 heterocycles. The molecule has 2 atom stereocenters. The Bertz CT molecular complexity index is 1710. The number of aliphatic hydroxyl groups excluding tert-OH is 1. The van der Waals surface area contributed by atoms with Crippen LogP contribution in [0.5, 0.6) is 0 Å². The number of hydrogen-bond acceptors (Lipinski definition) is 13. The molecule has 0 fully saturated rings. The molecule has 0 radical (unpaired) electrons. The molecule has 5 N–H and O–H groups in total. The number of aliphatic hydroxyl groups is 1. The highest BCUT2D eigenvalue weighted by atomic mass is 32.2. The van der Waals surface area contributed by atoms with Crippen LogP contribution in [0.25, 0.3) is 0 Å². The van der Waals surface area contributed by atoms with Crippen molar-refractivity contribution in [1.82, 2.24) is 20.1 Å². The number of rotatable bonds is 12. The van der Waals surface area contributed by atoms with Gasteiger partial charge in [-0.15, -0.1) is 22.7 Å². The predicted octanol–water partition coefficient (Wildman–Crippen LogP) is 5.21. The van der Waals surface area contributed by atoms with Crippen LogP contribution in [0.1, 0.15) is 97.6 Å². The Morgan fingerprint density at radius 1 is 0.692 bits per heavy atom. The number of methoxy groups -OCH3 is 1. The highest BCUT2D eigenvalue weighted by Gasteiger charge is 2.33. The number of thiophene rings is 2. The molecule has 0 saturated carbocycles. The lowest BCUT2D eigenvalue weighted by Gasteiger charge is -2.32. The van der Waals surface area contributed by atoms with Crippen molar-refractivity contribution in [3.05, 3.63) is 32.6 Å². The van der Waals surface area contributed by atoms with E-state index < -0.39 is 72.3 Å². The molecule has 52 heavy (non-hydrogen) atoms. The first-order valence-electron chi connectivity index (χ1n) is 16.2. The molecule has 298 valence electrons. The van der Waals surface area contributed by atoms with Crippen LogP contribution in [-0.4, -0.2) is 83.6 Å². The van der Waals surface area contributed by atoms with Gasteiger partial charge in [-0.1, -0.05) is 41.5 Å². The minimum atomic E-state index is -3.96. The lowest BCUT2D eigenvalue weighted by Crippen LogP contribution is -2.51. The van der Waals surface area contributed by atoms with E-state index in [1.807, 2.05) is 41.5 Å². The Morgan fingerprint density at radius 3 is 1.44 bits per heavy atom. The Labute approximate surface area is 316 Å². The SMILES string of the molecule is CC(C)(C)OC(=O)N[C@H](CNS(=O)(=O)c1ccsc1CO)C(C)(C)C.COC(=O)c1sccc1S(=O)(=O)NC[C@@H](NC(=O)OC(C)(C)C)C(C)(C)C. The zero-order valence-electron chi connectivity index (χ0n) is 32.2. The molecule has 0 bridgehead atoms. The van der Waals surface area contributed by atoms with Gasteiger partial charge in [-0.3, -0.25) is 0 Å². The summed E-state index contributed by atoms with van der Waals surface area (Å²) in [5, 5.41) is 17.8. The fourth-order valence-electron chi connectivity index (χ4n) is 4.02. The van der Waals surface area contributed by atoms with Crippen LogP contribution in [0.4, 0.5) is 9.59 Å². The van der Waals surface area contributed by atoms with Crippen molar-refractivity contribution in [3.8, 4) is 0 Å². The molecule has 0 aliphatic rings. The third-order valence-electron chi connectivity index (χ3n) is 6.85. The van der Waals surface area contributed by atoms with E-state index >= 15 is 0 Å². The first-order chi connectivity index (χ1) is 23.4. The fourth-order valence-corrected chi connectivity index (χ4v) is 8.74. The molecule has 0 unspecified atom stereocenters. The highest BCUT2D eigenvalue weighted by Crippen LogP contribution is 2.25. The van der Waals surface area contributed by atoms with Crippen LogP contribution in [0.3, 0.4) is 0 Å². The second kappa shape index (κ2) is 18.5. The lowest BCUT2D eigenvalue weighted by atomic mass is 9.87. The van der Waals surface area contributed by atoms with Crippen LogP contribution in [-0.2, 0) is 40.9 Å². The van der Waals surface area contributed by atoms with E-state index in [0.717, 1.165) is 11.3 Å². The van der Waals surface area contributed by atoms with Gasteiger partial charge in [0.1, 0.15) is 21.0 Å². The maximum absolute atomic E-state index is 12.6. The van der Waals surface area contributed by atoms with Crippen LogP contribution < -0.4 is 20.1 Å². The van der Waals surface area contributed by atoms with Gasteiger partial charge in [-0.2, -0.15) is 0 Å². The molecule has 2 aromatic heterocycles. The van der Waals surface area contributed by atoms with Crippen molar-refractivity contribution in [3.63, 3.8) is 0 Å². The summed E-state index contributed by atoms with van der Waals surface area (Å²) in [4.78, 5) is 36.1. The van der Waals surface area contributed by atoms with Gasteiger partial charge in [0.15, 0.2) is 0 Å². The molecule has 0 aliphatic carbocycles. The second-order valence-electron chi connectivity index (χ2n) is 15.8. The molecule has 0 aromatic carbocycles. The molecule has 2 rings (SSSR count). The quantitative estimate of drug-likeness (QED) is 0.139. The van der Waals surface area contributed by atoms with Crippen LogP contribution in [0, 0.1) is 10.8 Å². The molecule has 15 nitrogen and oxygen atoms in total. The van der Waals surface area contributed by atoms with Crippen molar-refractivity contribution < 1.29 is 50.5 Å². The molecular formula is C33H56N4O11S4. The van der Waals surface area contributed by atoms with Crippen molar-refractivity contribution >= 4 is 60.9 Å². The summed E-state index contributed by atoms with van der Waals surface area (Å²) in [6.45, 7) is 21.4. The van der Waals surface area contributed by atoms with Crippen LogP contribution in [0.2, 0.25) is 0 Å². The van der Waals surface area contributed by atoms with Crippen LogP contribution >= 0.6 is 22.7 Å². The average molecular weight is 813 g/mol. The highest BCUT2D eigenvalue weighted by molar-refractivity contribution is 7.90. The van der Waals surface area contributed by atoms with Gasteiger partial charge in [0.25, 0.3) is 0 Å². The van der Waals surface area contributed by atoms with Crippen molar-refractivity contribution in [2.45, 2.75) is 123 Å². The number of nitrogens with one attached hydrogen (secondary N) is 4. The summed E-state index contributed by atoms with van der Waals surface area (Å²) < 4.78 is 70.2. The Kier molecular flexibility index (Phi) is 16.8. The Balaban J connectivity index is 0.000000522. The average Bonchev–Trinajstić information content (AvgIpc) is 3.65. The molecular weight excluding hydrogens is 757 g/mol. The minimum absolute atomic E-state index is 0.00240. The number of esters is 1. The van der Waals surface area contributed by atoms with Gasteiger partial charge in [0.05, 0.1) is 30.7 Å². The van der Waals surface area contributed by atoms with Gasteiger partial charge in [-0.25, -0.2) is 40.7 Å². The molecule has 19 heteroatoms. The van der Waals surface area contributed by atoms with E-state index in [-0.39, 0.29) is 34.4 Å². The maximum Gasteiger partial charge on any atom is 0.407 e. The van der Waals surface area contributed by atoms with E-state index in [0.29, 0.717) is 4.88 Å². The molecule has 0 saturated heterocycles. The molecule has 0 spiro atoms. The van der Waals surface area contributed by atoms with Gasteiger partial charge in [0.2, 0.25) is 20.0 Å². The maximum atomic E-state index is 12.6. The van der Waals surface area contributed by atoms with Crippen molar-refractivity contribution in [1.29, 1.82) is 0 Å². The monoisotopic (exact) mass is 812 g/mol. The summed E-state index contributed by atoms with van der Waals surface area (Å²) in [5.41, 5.74) is -2.15. The topological polar surface area (TPSA) is 216 Å². The summed E-state index contributed by atoms with van der Waals surface area (Å²) in [7, 11) is -6.55. The minimum Gasteiger partial charge on any atom is -0.465 e. The van der Waals surface area contributed by atoms with E-state index in [2.05, 4.69) is 24.8 Å². The third-order valence-corrected chi connectivity index (χ3v) is 11.9. The third kappa shape index (κ3) is 16.1. The summed E-state index contributed by atoms with van der Waals surface area (Å²) >= 11 is 2.16. The summed E-state index contributed by atoms with van der Waals surface area (Å²) in [6, 6.07) is 1.77. The normalized spacial score (nSPS) is 14.0. The first-order valence-corrected chi connectivity index (χ1v) is 21.0. The molecule has 0 aliphatic heterocycles. The van der Waals surface area contributed by atoms with Crippen LogP contribution in [0.15, 0.2) is 32.7 Å². The second-order valence-corrected chi connectivity index (χ2v) is 21.2. The number of ether oxygens (including phenoxy) is 3. The summed E-state index contributed by atoms with van der Waals surface area (Å²) in [5.74, 6) is -0.718. The zero-order chi connectivity index (χ0) is 40.5. The van der Waals surface area contributed by atoms with Gasteiger partial charge >= 0.3 is 18.2 Å². The summed E-state index contributed by atoms with van der Waals surface area (Å²) in [6.07, 6.45) is -1.23. The Hall–Kier alpha value is -2.81. The lowest BCUT2D eigenvalue weighted by molar-refractivity contribution is 0.0456. The number of amides is 2. The van der Waals surface area contributed by atoms with Gasteiger partial charge in [-0.05, 0) is 75.3 Å². The first kappa shape index (κ1) is 47.2. The van der Waals surface area contributed by atoms with E-state index in [1.54, 1.807) is 46.9 Å². The van der Waals surface area contributed by atoms with Crippen molar-refractivity contribution in [2.75, 3.05) is 20.2 Å². The smallest absolute Gasteiger partial charge is 0.407 e. The van der Waals surface area contributed by atoms with E-state index in [9.17, 15) is 36.3 Å². The van der Waals surface area contributed by atoms with E-state index in [1.165, 1.54) is 36.0 Å². The largest absolute Gasteiger partial charge is 0.465 e. The fraction of sp³-hybridized carbons (Fsp3) is 0.667. The molecule has 2 aromatic rings. The number of hydrogen-bond donors (Lipinski definition) is 5. The van der Waals surface area contributed by atoms with E-state index in [4.69, 9.17) is 9.47 Å². The zero-order valence-corrected chi connectivity index (χ0v) is 35.5. The molecule has 2 amide bonds. The van der Waals surface area contributed by atoms with Gasteiger partial charge < -0.3 is 30.0 Å². The Morgan fingerprint density at radius 2 is 1.08 bits per heavy atom.